The summed E-state index contributed by atoms with van der Waals surface area (Å²) in [7, 11) is 0. The lowest BCUT2D eigenvalue weighted by Crippen LogP contribution is -2.36. The molecule has 0 aliphatic carbocycles. The number of nitroso groups, excluding NO2 is 1. The summed E-state index contributed by atoms with van der Waals surface area (Å²) in [6.45, 7) is 0.473. The van der Waals surface area contributed by atoms with Crippen LogP contribution in [0.1, 0.15) is 25.7 Å². The third kappa shape index (κ3) is 1.93. The van der Waals surface area contributed by atoms with Crippen LogP contribution < -0.4 is 0 Å². The molecule has 0 aromatic rings. The minimum absolute atomic E-state index is 0.473. The highest BCUT2D eigenvalue weighted by atomic mass is 16.4. The van der Waals surface area contributed by atoms with Gasteiger partial charge in [-0.25, -0.2) is 9.80 Å². The third-order valence-electron chi connectivity index (χ3n) is 2.11. The van der Waals surface area contributed by atoms with Gasteiger partial charge in [-0.3, -0.25) is 0 Å². The SMILES string of the molecule is O=NN1CCCCC[C@H]1C(=O)O. The second-order valence-electron chi connectivity index (χ2n) is 2.95. The first-order valence-electron chi connectivity index (χ1n) is 4.08. The molecule has 1 saturated heterocycles. The van der Waals surface area contributed by atoms with Crippen LogP contribution in [0.25, 0.3) is 0 Å². The van der Waals surface area contributed by atoms with Crippen molar-refractivity contribution in [3.05, 3.63) is 4.91 Å². The molecular formula is C7H12N2O3. The predicted octanol–water partition coefficient (Wildman–Crippen LogP) is 0.997. The highest BCUT2D eigenvalue weighted by Gasteiger charge is 2.26. The van der Waals surface area contributed by atoms with E-state index in [9.17, 15) is 9.70 Å². The van der Waals surface area contributed by atoms with Gasteiger partial charge in [0.2, 0.25) is 0 Å². The van der Waals surface area contributed by atoms with Crippen molar-refractivity contribution in [2.24, 2.45) is 5.29 Å². The van der Waals surface area contributed by atoms with E-state index in [0.29, 0.717) is 13.0 Å². The van der Waals surface area contributed by atoms with Gasteiger partial charge in [0, 0.05) is 6.54 Å². The number of carboxylic acid groups (broad SMARTS) is 1. The fourth-order valence-corrected chi connectivity index (χ4v) is 1.44. The molecule has 0 saturated carbocycles. The number of nitrogens with zero attached hydrogens (tertiary/aromatic N) is 2. The van der Waals surface area contributed by atoms with Gasteiger partial charge in [-0.1, -0.05) is 12.8 Å². The normalized spacial score (nSPS) is 24.7. The lowest BCUT2D eigenvalue weighted by Gasteiger charge is -2.19. The Labute approximate surface area is 70.3 Å². The molecule has 5 nitrogen and oxygen atoms in total. The number of carbonyl (C=O) groups is 1. The maximum atomic E-state index is 10.6. The van der Waals surface area contributed by atoms with Gasteiger partial charge in [0.05, 0.1) is 5.29 Å². The first-order chi connectivity index (χ1) is 5.75. The number of aliphatic carboxylic acids is 1. The van der Waals surface area contributed by atoms with E-state index in [1.807, 2.05) is 0 Å². The van der Waals surface area contributed by atoms with Crippen molar-refractivity contribution in [1.29, 1.82) is 0 Å². The summed E-state index contributed by atoms with van der Waals surface area (Å²) in [6, 6.07) is -0.704. The van der Waals surface area contributed by atoms with Crippen LogP contribution in [0.3, 0.4) is 0 Å². The Morgan fingerprint density at radius 3 is 2.75 bits per heavy atom. The van der Waals surface area contributed by atoms with Gasteiger partial charge in [0.15, 0.2) is 0 Å². The molecule has 1 atom stereocenters. The molecule has 0 aromatic carbocycles. The Balaban J connectivity index is 2.63. The van der Waals surface area contributed by atoms with Gasteiger partial charge in [-0.15, -0.1) is 4.91 Å². The molecule has 1 N–H and O–H groups in total. The van der Waals surface area contributed by atoms with Crippen LogP contribution in [0.2, 0.25) is 0 Å². The number of rotatable bonds is 2. The summed E-state index contributed by atoms with van der Waals surface area (Å²) in [5.74, 6) is -0.948. The lowest BCUT2D eigenvalue weighted by molar-refractivity contribution is -0.143. The molecule has 68 valence electrons. The van der Waals surface area contributed by atoms with E-state index < -0.39 is 12.0 Å². The largest absolute Gasteiger partial charge is 0.480 e. The van der Waals surface area contributed by atoms with Crippen molar-refractivity contribution in [3.8, 4) is 0 Å². The van der Waals surface area contributed by atoms with Gasteiger partial charge in [0.1, 0.15) is 6.04 Å². The number of hydrogen-bond donors (Lipinski definition) is 1. The van der Waals surface area contributed by atoms with Crippen LogP contribution in [-0.4, -0.2) is 28.7 Å². The van der Waals surface area contributed by atoms with E-state index in [2.05, 4.69) is 5.29 Å². The zero-order valence-electron chi connectivity index (χ0n) is 6.77. The summed E-state index contributed by atoms with van der Waals surface area (Å²) in [5, 5.41) is 12.6. The predicted molar refractivity (Wildman–Crippen MR) is 42.4 cm³/mol. The van der Waals surface area contributed by atoms with Crippen LogP contribution in [-0.2, 0) is 4.79 Å². The average Bonchev–Trinajstić information content (AvgIpc) is 2.27. The third-order valence-corrected chi connectivity index (χ3v) is 2.11. The van der Waals surface area contributed by atoms with Crippen molar-refractivity contribution >= 4 is 5.97 Å². The van der Waals surface area contributed by atoms with Crippen LogP contribution in [0.5, 0.6) is 0 Å². The molecule has 1 aliphatic heterocycles. The van der Waals surface area contributed by atoms with Crippen LogP contribution in [0.15, 0.2) is 5.29 Å². The van der Waals surface area contributed by atoms with Gasteiger partial charge < -0.3 is 5.11 Å². The molecule has 12 heavy (non-hydrogen) atoms. The minimum Gasteiger partial charge on any atom is -0.480 e. The van der Waals surface area contributed by atoms with E-state index >= 15 is 0 Å². The van der Waals surface area contributed by atoms with E-state index in [1.54, 1.807) is 0 Å². The van der Waals surface area contributed by atoms with Crippen molar-refractivity contribution < 1.29 is 9.90 Å². The summed E-state index contributed by atoms with van der Waals surface area (Å²) in [5.41, 5.74) is 0. The van der Waals surface area contributed by atoms with Crippen LogP contribution in [0.4, 0.5) is 0 Å². The topological polar surface area (TPSA) is 70.0 Å². The van der Waals surface area contributed by atoms with Gasteiger partial charge in [-0.2, -0.15) is 0 Å². The minimum atomic E-state index is -0.948. The maximum Gasteiger partial charge on any atom is 0.328 e. The molecule has 0 unspecified atom stereocenters. The summed E-state index contributed by atoms with van der Waals surface area (Å²) < 4.78 is 0. The summed E-state index contributed by atoms with van der Waals surface area (Å²) in [6.07, 6.45) is 3.23. The Hall–Kier alpha value is -1.13. The molecule has 1 aliphatic rings. The molecule has 0 bridgehead atoms. The molecular weight excluding hydrogens is 160 g/mol. The fraction of sp³-hybridized carbons (Fsp3) is 0.857. The number of hydrogen-bond acceptors (Lipinski definition) is 3. The molecule has 0 radical (unpaired) electrons. The van der Waals surface area contributed by atoms with E-state index in [0.717, 1.165) is 24.3 Å². The van der Waals surface area contributed by atoms with Crippen molar-refractivity contribution in [3.63, 3.8) is 0 Å². The van der Waals surface area contributed by atoms with Crippen molar-refractivity contribution in [2.45, 2.75) is 31.7 Å². The monoisotopic (exact) mass is 172 g/mol. The second-order valence-corrected chi connectivity index (χ2v) is 2.95. The zero-order chi connectivity index (χ0) is 8.97. The van der Waals surface area contributed by atoms with Crippen molar-refractivity contribution in [2.75, 3.05) is 6.54 Å². The Morgan fingerprint density at radius 2 is 2.17 bits per heavy atom. The molecule has 1 heterocycles. The molecule has 1 rings (SSSR count). The first kappa shape index (κ1) is 8.96. The van der Waals surface area contributed by atoms with E-state index in [-0.39, 0.29) is 0 Å². The van der Waals surface area contributed by atoms with Crippen molar-refractivity contribution in [1.82, 2.24) is 5.01 Å². The highest BCUT2D eigenvalue weighted by molar-refractivity contribution is 5.73. The summed E-state index contributed by atoms with van der Waals surface area (Å²) in [4.78, 5) is 20.9. The Morgan fingerprint density at radius 1 is 1.42 bits per heavy atom. The molecule has 0 amide bonds. The molecule has 0 spiro atoms. The van der Waals surface area contributed by atoms with Gasteiger partial charge in [-0.05, 0) is 12.8 Å². The molecule has 0 aromatic heterocycles. The quantitative estimate of drug-likeness (QED) is 0.631. The highest BCUT2D eigenvalue weighted by Crippen LogP contribution is 2.16. The second kappa shape index (κ2) is 4.04. The van der Waals surface area contributed by atoms with Gasteiger partial charge >= 0.3 is 5.97 Å². The summed E-state index contributed by atoms with van der Waals surface area (Å²) >= 11 is 0. The first-order valence-corrected chi connectivity index (χ1v) is 4.08. The Kier molecular flexibility index (Phi) is 3.01. The van der Waals surface area contributed by atoms with Gasteiger partial charge in [0.25, 0.3) is 0 Å². The Bertz CT molecular complexity index is 183. The molecule has 1 fully saturated rings. The number of carboxylic acids is 1. The van der Waals surface area contributed by atoms with Crippen LogP contribution >= 0.6 is 0 Å². The average molecular weight is 172 g/mol. The standard InChI is InChI=1S/C7H12N2O3/c10-7(11)6-4-2-1-3-5-9(6)8-12/h6H,1-5H2,(H,10,11)/t6-/m0/s1. The smallest absolute Gasteiger partial charge is 0.328 e. The van der Waals surface area contributed by atoms with E-state index in [4.69, 9.17) is 5.11 Å². The van der Waals surface area contributed by atoms with Crippen LogP contribution in [0, 0.1) is 4.91 Å². The maximum absolute atomic E-state index is 10.6. The lowest BCUT2D eigenvalue weighted by atomic mass is 10.1. The zero-order valence-corrected chi connectivity index (χ0v) is 6.77. The molecule has 5 heteroatoms. The fourth-order valence-electron chi connectivity index (χ4n) is 1.44. The van der Waals surface area contributed by atoms with E-state index in [1.165, 1.54) is 0 Å².